The van der Waals surface area contributed by atoms with Gasteiger partial charge in [-0.15, -0.1) is 5.10 Å². The number of benzene rings is 2. The van der Waals surface area contributed by atoms with Crippen molar-refractivity contribution in [2.24, 2.45) is 13.0 Å². The van der Waals surface area contributed by atoms with Gasteiger partial charge in [0.2, 0.25) is 0 Å². The standard InChI is InChI=1S/C29H37FN4O3/c1-4-22(16-20-12-8-6-9-13-20)31-28(35)23-17-24(30)25(34-29(36)33(3)27(5-2)32-34)18-26(23)37-19-21-14-10-7-11-15-21/h6,8-9,12-13,17-18,21-22H,4-5,7,10-11,14-16,19H2,1-3H3,(H,31,35). The molecule has 1 unspecified atom stereocenters. The summed E-state index contributed by atoms with van der Waals surface area (Å²) in [6.07, 6.45) is 7.63. The summed E-state index contributed by atoms with van der Waals surface area (Å²) in [6, 6.07) is 12.4. The Balaban J connectivity index is 1.65. The molecule has 1 N–H and O–H groups in total. The third kappa shape index (κ3) is 6.29. The zero-order valence-corrected chi connectivity index (χ0v) is 22.0. The first-order valence-corrected chi connectivity index (χ1v) is 13.4. The van der Waals surface area contributed by atoms with Crippen molar-refractivity contribution < 1.29 is 13.9 Å². The van der Waals surface area contributed by atoms with Gasteiger partial charge in [0.25, 0.3) is 5.91 Å². The predicted molar refractivity (Wildman–Crippen MR) is 142 cm³/mol. The maximum absolute atomic E-state index is 15.4. The van der Waals surface area contributed by atoms with Crippen molar-refractivity contribution >= 4 is 5.91 Å². The summed E-state index contributed by atoms with van der Waals surface area (Å²) in [5, 5.41) is 7.36. The highest BCUT2D eigenvalue weighted by Gasteiger charge is 2.24. The largest absolute Gasteiger partial charge is 0.492 e. The second-order valence-electron chi connectivity index (χ2n) is 9.91. The van der Waals surface area contributed by atoms with E-state index < -0.39 is 17.4 Å². The highest BCUT2D eigenvalue weighted by Crippen LogP contribution is 2.29. The quantitative estimate of drug-likeness (QED) is 0.419. The van der Waals surface area contributed by atoms with E-state index in [9.17, 15) is 9.59 Å². The molecule has 4 rings (SSSR count). The SMILES string of the molecule is CCc1nn(-c2cc(OCC3CCCCC3)c(C(=O)NC(CC)Cc3ccccc3)cc2F)c(=O)n1C. The molecule has 8 heteroatoms. The lowest BCUT2D eigenvalue weighted by molar-refractivity contribution is 0.0929. The molecule has 0 radical (unpaired) electrons. The number of aromatic nitrogens is 3. The minimum atomic E-state index is -0.700. The summed E-state index contributed by atoms with van der Waals surface area (Å²) in [5.74, 6) is 0.111. The number of ether oxygens (including phenoxy) is 1. The summed E-state index contributed by atoms with van der Waals surface area (Å²) in [5.41, 5.74) is 0.779. The van der Waals surface area contributed by atoms with Crippen LogP contribution in [0.2, 0.25) is 0 Å². The number of hydrogen-bond donors (Lipinski definition) is 1. The van der Waals surface area contributed by atoms with Crippen LogP contribution in [0, 0.1) is 11.7 Å². The van der Waals surface area contributed by atoms with Crippen LogP contribution in [0.15, 0.2) is 47.3 Å². The lowest BCUT2D eigenvalue weighted by Crippen LogP contribution is -2.36. The van der Waals surface area contributed by atoms with Gasteiger partial charge in [-0.05, 0) is 43.2 Å². The van der Waals surface area contributed by atoms with Gasteiger partial charge < -0.3 is 10.1 Å². The number of hydrogen-bond acceptors (Lipinski definition) is 4. The first-order chi connectivity index (χ1) is 17.9. The molecule has 1 aliphatic carbocycles. The van der Waals surface area contributed by atoms with Crippen molar-refractivity contribution in [1.29, 1.82) is 0 Å². The van der Waals surface area contributed by atoms with Crippen LogP contribution in [-0.2, 0) is 19.9 Å². The molecule has 0 aliphatic heterocycles. The molecule has 1 amide bonds. The zero-order valence-electron chi connectivity index (χ0n) is 22.0. The second-order valence-corrected chi connectivity index (χ2v) is 9.91. The van der Waals surface area contributed by atoms with Gasteiger partial charge >= 0.3 is 5.69 Å². The van der Waals surface area contributed by atoms with Gasteiger partial charge in [-0.1, -0.05) is 63.4 Å². The van der Waals surface area contributed by atoms with Crippen molar-refractivity contribution in [3.63, 3.8) is 0 Å². The predicted octanol–water partition coefficient (Wildman–Crippen LogP) is 4.98. The number of carbonyl (C=O) groups excluding carboxylic acids is 1. The molecule has 1 aromatic heterocycles. The smallest absolute Gasteiger partial charge is 0.350 e. The molecule has 0 saturated heterocycles. The Labute approximate surface area is 217 Å². The van der Waals surface area contributed by atoms with E-state index in [1.54, 1.807) is 7.05 Å². The molecule has 1 fully saturated rings. The van der Waals surface area contributed by atoms with E-state index in [-0.39, 0.29) is 23.0 Å². The number of amides is 1. The van der Waals surface area contributed by atoms with E-state index in [0.29, 0.717) is 31.2 Å². The summed E-state index contributed by atoms with van der Waals surface area (Å²) in [4.78, 5) is 26.2. The molecule has 1 saturated carbocycles. The third-order valence-corrected chi connectivity index (χ3v) is 7.26. The average Bonchev–Trinajstić information content (AvgIpc) is 3.21. The van der Waals surface area contributed by atoms with Gasteiger partial charge in [-0.25, -0.2) is 9.18 Å². The number of aryl methyl sites for hydroxylation is 1. The molecular weight excluding hydrogens is 471 g/mol. The molecule has 7 nitrogen and oxygen atoms in total. The lowest BCUT2D eigenvalue weighted by Gasteiger charge is -2.23. The monoisotopic (exact) mass is 508 g/mol. The maximum atomic E-state index is 15.4. The lowest BCUT2D eigenvalue weighted by atomic mass is 9.90. The molecule has 37 heavy (non-hydrogen) atoms. The summed E-state index contributed by atoms with van der Waals surface area (Å²) in [6.45, 7) is 4.34. The number of halogens is 1. The first kappa shape index (κ1) is 26.6. The summed E-state index contributed by atoms with van der Waals surface area (Å²) >= 11 is 0. The fourth-order valence-electron chi connectivity index (χ4n) is 4.97. The highest BCUT2D eigenvalue weighted by molar-refractivity contribution is 5.97. The molecular formula is C29H37FN4O3. The van der Waals surface area contributed by atoms with Gasteiger partial charge in [0.1, 0.15) is 23.1 Å². The molecule has 198 valence electrons. The Kier molecular flexibility index (Phi) is 8.79. The van der Waals surface area contributed by atoms with Gasteiger partial charge in [-0.3, -0.25) is 9.36 Å². The van der Waals surface area contributed by atoms with Crippen molar-refractivity contribution in [3.8, 4) is 11.4 Å². The van der Waals surface area contributed by atoms with Crippen LogP contribution in [0.1, 0.15) is 74.1 Å². The third-order valence-electron chi connectivity index (χ3n) is 7.26. The Bertz CT molecular complexity index is 1260. The fourth-order valence-corrected chi connectivity index (χ4v) is 4.97. The normalized spacial score (nSPS) is 14.9. The zero-order chi connectivity index (χ0) is 26.4. The Morgan fingerprint density at radius 1 is 1.16 bits per heavy atom. The van der Waals surface area contributed by atoms with Crippen LogP contribution in [0.4, 0.5) is 4.39 Å². The Hall–Kier alpha value is -3.42. The first-order valence-electron chi connectivity index (χ1n) is 13.4. The molecule has 2 aromatic carbocycles. The van der Waals surface area contributed by atoms with Crippen LogP contribution >= 0.6 is 0 Å². The molecule has 1 aliphatic rings. The van der Waals surface area contributed by atoms with Crippen LogP contribution < -0.4 is 15.7 Å². The molecule has 1 atom stereocenters. The van der Waals surface area contributed by atoms with Crippen LogP contribution in [0.25, 0.3) is 5.69 Å². The average molecular weight is 509 g/mol. The summed E-state index contributed by atoms with van der Waals surface area (Å²) in [7, 11) is 1.61. The van der Waals surface area contributed by atoms with Crippen molar-refractivity contribution in [1.82, 2.24) is 19.7 Å². The van der Waals surface area contributed by atoms with Crippen molar-refractivity contribution in [2.45, 2.75) is 71.3 Å². The molecule has 1 heterocycles. The van der Waals surface area contributed by atoms with E-state index in [1.165, 1.54) is 23.1 Å². The van der Waals surface area contributed by atoms with Crippen molar-refractivity contribution in [2.75, 3.05) is 6.61 Å². The Morgan fingerprint density at radius 2 is 1.89 bits per heavy atom. The Morgan fingerprint density at radius 3 is 2.54 bits per heavy atom. The van der Waals surface area contributed by atoms with Gasteiger partial charge in [-0.2, -0.15) is 4.68 Å². The van der Waals surface area contributed by atoms with E-state index in [2.05, 4.69) is 10.4 Å². The van der Waals surface area contributed by atoms with Crippen LogP contribution in [0.3, 0.4) is 0 Å². The van der Waals surface area contributed by atoms with E-state index in [1.807, 2.05) is 44.2 Å². The van der Waals surface area contributed by atoms with Crippen LogP contribution in [-0.4, -0.2) is 32.9 Å². The van der Waals surface area contributed by atoms with Gasteiger partial charge in [0, 0.05) is 25.6 Å². The highest BCUT2D eigenvalue weighted by atomic mass is 19.1. The fraction of sp³-hybridized carbons (Fsp3) is 0.483. The minimum Gasteiger partial charge on any atom is -0.492 e. The topological polar surface area (TPSA) is 78.2 Å². The van der Waals surface area contributed by atoms with E-state index >= 15 is 4.39 Å². The second kappa shape index (κ2) is 12.2. The van der Waals surface area contributed by atoms with Gasteiger partial charge in [0.05, 0.1) is 12.2 Å². The minimum absolute atomic E-state index is 0.0215. The van der Waals surface area contributed by atoms with E-state index in [0.717, 1.165) is 42.3 Å². The maximum Gasteiger partial charge on any atom is 0.350 e. The molecule has 3 aromatic rings. The van der Waals surface area contributed by atoms with Crippen LogP contribution in [0.5, 0.6) is 5.75 Å². The number of nitrogens with one attached hydrogen (secondary N) is 1. The number of carbonyl (C=O) groups is 1. The summed E-state index contributed by atoms with van der Waals surface area (Å²) < 4.78 is 24.0. The number of rotatable bonds is 10. The van der Waals surface area contributed by atoms with Gasteiger partial charge in [0.15, 0.2) is 0 Å². The molecule has 0 bridgehead atoms. The number of nitrogens with zero attached hydrogens (tertiary/aromatic N) is 3. The van der Waals surface area contributed by atoms with E-state index in [4.69, 9.17) is 4.74 Å². The van der Waals surface area contributed by atoms with Crippen molar-refractivity contribution in [3.05, 3.63) is 75.7 Å². The molecule has 0 spiro atoms.